The monoisotopic (exact) mass is 164 g/mol. The zero-order valence-corrected chi connectivity index (χ0v) is 6.95. The van der Waals surface area contributed by atoms with Gasteiger partial charge in [0.05, 0.1) is 6.26 Å². The Balaban J connectivity index is 1.83. The lowest BCUT2D eigenvalue weighted by Gasteiger charge is -1.94. The molecule has 1 saturated carbocycles. The lowest BCUT2D eigenvalue weighted by molar-refractivity contribution is 0.0951. The van der Waals surface area contributed by atoms with Crippen LogP contribution in [0.5, 0.6) is 0 Å². The zero-order chi connectivity index (χ0) is 8.39. The number of carbonyl (C=O) groups is 1. The molecule has 0 saturated heterocycles. The molecule has 0 spiro atoms. The molecule has 0 bridgehead atoms. The molecule has 0 N–H and O–H groups in total. The minimum atomic E-state index is 0.145. The molecular weight excluding hydrogens is 152 g/mol. The van der Waals surface area contributed by atoms with Gasteiger partial charge in [0.1, 0.15) is 0 Å². The summed E-state index contributed by atoms with van der Waals surface area (Å²) >= 11 is 0. The largest absolute Gasteiger partial charge is 0.461 e. The molecule has 0 atom stereocenters. The van der Waals surface area contributed by atoms with Gasteiger partial charge in [-0.05, 0) is 24.5 Å². The third-order valence-electron chi connectivity index (χ3n) is 2.27. The lowest BCUT2D eigenvalue weighted by atomic mass is 10.1. The van der Waals surface area contributed by atoms with E-state index in [4.69, 9.17) is 4.42 Å². The molecular formula is C10H12O2. The molecule has 0 radical (unpaired) electrons. The molecule has 0 aromatic carbocycles. The standard InChI is InChI=1S/C10H12O2/c11-9(6-5-8-3-4-8)10-2-1-7-12-10/h1-2,7-8H,3-6H2. The summed E-state index contributed by atoms with van der Waals surface area (Å²) in [5, 5.41) is 0. The quantitative estimate of drug-likeness (QED) is 0.640. The van der Waals surface area contributed by atoms with Crippen LogP contribution in [0, 0.1) is 5.92 Å². The number of hydrogen-bond acceptors (Lipinski definition) is 2. The summed E-state index contributed by atoms with van der Waals surface area (Å²) in [6, 6.07) is 3.49. The lowest BCUT2D eigenvalue weighted by Crippen LogP contribution is -1.96. The number of rotatable bonds is 4. The molecule has 2 nitrogen and oxygen atoms in total. The third kappa shape index (κ3) is 1.76. The Morgan fingerprint density at radius 3 is 3.00 bits per heavy atom. The molecule has 1 heterocycles. The van der Waals surface area contributed by atoms with E-state index in [0.717, 1.165) is 12.3 Å². The second-order valence-corrected chi connectivity index (χ2v) is 3.38. The molecule has 2 heteroatoms. The van der Waals surface area contributed by atoms with E-state index in [1.54, 1.807) is 18.4 Å². The van der Waals surface area contributed by atoms with Crippen LogP contribution in [-0.4, -0.2) is 5.78 Å². The van der Waals surface area contributed by atoms with Crippen molar-refractivity contribution in [2.45, 2.75) is 25.7 Å². The van der Waals surface area contributed by atoms with Gasteiger partial charge in [0, 0.05) is 6.42 Å². The van der Waals surface area contributed by atoms with Gasteiger partial charge in [-0.2, -0.15) is 0 Å². The third-order valence-corrected chi connectivity index (χ3v) is 2.27. The molecule has 1 fully saturated rings. The molecule has 1 aromatic heterocycles. The fraction of sp³-hybridized carbons (Fsp3) is 0.500. The normalized spacial score (nSPS) is 16.3. The van der Waals surface area contributed by atoms with Crippen LogP contribution in [-0.2, 0) is 0 Å². The van der Waals surface area contributed by atoms with Crippen LogP contribution in [0.4, 0.5) is 0 Å². The molecule has 1 aromatic rings. The molecule has 0 amide bonds. The smallest absolute Gasteiger partial charge is 0.197 e. The van der Waals surface area contributed by atoms with E-state index >= 15 is 0 Å². The fourth-order valence-corrected chi connectivity index (χ4v) is 1.30. The van der Waals surface area contributed by atoms with Crippen molar-refractivity contribution >= 4 is 5.78 Å². The van der Waals surface area contributed by atoms with Gasteiger partial charge in [-0.3, -0.25) is 4.79 Å². The molecule has 1 aliphatic rings. The van der Waals surface area contributed by atoms with Gasteiger partial charge in [-0.25, -0.2) is 0 Å². The van der Waals surface area contributed by atoms with Crippen LogP contribution in [0.1, 0.15) is 36.2 Å². The van der Waals surface area contributed by atoms with Crippen LogP contribution in [0.3, 0.4) is 0 Å². The average Bonchev–Trinajstić information content (AvgIpc) is 2.74. The molecule has 2 rings (SSSR count). The van der Waals surface area contributed by atoms with E-state index in [9.17, 15) is 4.79 Å². The first kappa shape index (κ1) is 7.59. The second kappa shape index (κ2) is 3.13. The van der Waals surface area contributed by atoms with Crippen molar-refractivity contribution in [2.24, 2.45) is 5.92 Å². The van der Waals surface area contributed by atoms with Crippen molar-refractivity contribution in [2.75, 3.05) is 0 Å². The van der Waals surface area contributed by atoms with Gasteiger partial charge in [0.2, 0.25) is 0 Å². The van der Waals surface area contributed by atoms with E-state index in [2.05, 4.69) is 0 Å². The number of hydrogen-bond donors (Lipinski definition) is 0. The zero-order valence-electron chi connectivity index (χ0n) is 6.95. The van der Waals surface area contributed by atoms with Gasteiger partial charge in [0.25, 0.3) is 0 Å². The van der Waals surface area contributed by atoms with Gasteiger partial charge < -0.3 is 4.42 Å². The maximum atomic E-state index is 11.3. The number of carbonyl (C=O) groups excluding carboxylic acids is 1. The van der Waals surface area contributed by atoms with Crippen LogP contribution < -0.4 is 0 Å². The van der Waals surface area contributed by atoms with Crippen LogP contribution >= 0.6 is 0 Å². The number of furan rings is 1. The average molecular weight is 164 g/mol. The maximum Gasteiger partial charge on any atom is 0.197 e. The first-order valence-electron chi connectivity index (χ1n) is 4.43. The van der Waals surface area contributed by atoms with E-state index in [-0.39, 0.29) is 5.78 Å². The van der Waals surface area contributed by atoms with Gasteiger partial charge in [0.15, 0.2) is 11.5 Å². The topological polar surface area (TPSA) is 30.2 Å². The molecule has 0 unspecified atom stereocenters. The minimum absolute atomic E-state index is 0.145. The number of Topliss-reactive ketones (excluding diaryl/α,β-unsaturated/α-hetero) is 1. The van der Waals surface area contributed by atoms with Gasteiger partial charge in [-0.15, -0.1) is 0 Å². The Morgan fingerprint density at radius 2 is 2.42 bits per heavy atom. The molecule has 0 aliphatic heterocycles. The highest BCUT2D eigenvalue weighted by atomic mass is 16.3. The van der Waals surface area contributed by atoms with E-state index in [1.807, 2.05) is 0 Å². The van der Waals surface area contributed by atoms with Crippen molar-refractivity contribution in [3.8, 4) is 0 Å². The summed E-state index contributed by atoms with van der Waals surface area (Å²) in [6.07, 6.45) is 5.86. The van der Waals surface area contributed by atoms with Crippen molar-refractivity contribution in [1.29, 1.82) is 0 Å². The Bertz CT molecular complexity index is 257. The van der Waals surface area contributed by atoms with Crippen molar-refractivity contribution in [3.05, 3.63) is 24.2 Å². The molecule has 1 aliphatic carbocycles. The second-order valence-electron chi connectivity index (χ2n) is 3.38. The Morgan fingerprint density at radius 1 is 1.58 bits per heavy atom. The summed E-state index contributed by atoms with van der Waals surface area (Å²) < 4.78 is 5.00. The van der Waals surface area contributed by atoms with Crippen LogP contribution in [0.2, 0.25) is 0 Å². The van der Waals surface area contributed by atoms with Gasteiger partial charge in [-0.1, -0.05) is 12.8 Å². The molecule has 64 valence electrons. The van der Waals surface area contributed by atoms with Crippen molar-refractivity contribution in [1.82, 2.24) is 0 Å². The van der Waals surface area contributed by atoms with E-state index < -0.39 is 0 Å². The van der Waals surface area contributed by atoms with Crippen LogP contribution in [0.15, 0.2) is 22.8 Å². The summed E-state index contributed by atoms with van der Waals surface area (Å²) in [4.78, 5) is 11.3. The van der Waals surface area contributed by atoms with E-state index in [1.165, 1.54) is 12.8 Å². The predicted octanol–water partition coefficient (Wildman–Crippen LogP) is 2.65. The van der Waals surface area contributed by atoms with Gasteiger partial charge >= 0.3 is 0 Å². The SMILES string of the molecule is O=C(CCC1CC1)c1ccco1. The summed E-state index contributed by atoms with van der Waals surface area (Å²) in [5.41, 5.74) is 0. The highest BCUT2D eigenvalue weighted by Gasteiger charge is 2.22. The number of ketones is 1. The summed E-state index contributed by atoms with van der Waals surface area (Å²) in [6.45, 7) is 0. The minimum Gasteiger partial charge on any atom is -0.461 e. The Labute approximate surface area is 71.6 Å². The Kier molecular flexibility index (Phi) is 1.98. The Hall–Kier alpha value is -1.05. The summed E-state index contributed by atoms with van der Waals surface area (Å²) in [7, 11) is 0. The maximum absolute atomic E-state index is 11.3. The molecule has 12 heavy (non-hydrogen) atoms. The van der Waals surface area contributed by atoms with E-state index in [0.29, 0.717) is 12.2 Å². The first-order valence-corrected chi connectivity index (χ1v) is 4.43. The predicted molar refractivity (Wildman–Crippen MR) is 45.0 cm³/mol. The summed E-state index contributed by atoms with van der Waals surface area (Å²) in [5.74, 6) is 1.48. The highest BCUT2D eigenvalue weighted by molar-refractivity contribution is 5.93. The van der Waals surface area contributed by atoms with Crippen LogP contribution in [0.25, 0.3) is 0 Å². The van der Waals surface area contributed by atoms with Crippen molar-refractivity contribution in [3.63, 3.8) is 0 Å². The van der Waals surface area contributed by atoms with Crippen molar-refractivity contribution < 1.29 is 9.21 Å². The fourth-order valence-electron chi connectivity index (χ4n) is 1.30. The first-order chi connectivity index (χ1) is 5.86. The highest BCUT2D eigenvalue weighted by Crippen LogP contribution is 2.33.